The number of nitrogens with one attached hydrogen (secondary N) is 16. The Kier molecular flexibility index (Phi) is 52.7. The van der Waals surface area contributed by atoms with Crippen LogP contribution in [0.25, 0.3) is 0 Å². The summed E-state index contributed by atoms with van der Waals surface area (Å²) in [6, 6.07) is -12.6. The zero-order valence-corrected chi connectivity index (χ0v) is 82.0. The largest absolute Gasteiger partial charge is 0.481 e. The molecule has 0 saturated carbocycles. The van der Waals surface area contributed by atoms with Crippen LogP contribution in [0.1, 0.15) is 168 Å². The summed E-state index contributed by atoms with van der Waals surface area (Å²) in [7, 11) is 0. The average Bonchev–Trinajstić information content (AvgIpc) is 1.57. The number of imidazole rings is 1. The van der Waals surface area contributed by atoms with Gasteiger partial charge in [0.1, 0.15) is 96.7 Å². The number of H-pyrrole nitrogens is 1. The Morgan fingerprint density at radius 1 is 0.458 bits per heavy atom. The minimum Gasteiger partial charge on any atom is -0.481 e. The highest BCUT2D eigenvalue weighted by atomic mass is 32.2. The number of aromatic amines is 1. The van der Waals surface area contributed by atoms with E-state index in [0.29, 0.717) is 36.8 Å². The number of likely N-dealkylation sites (tertiary alicyclic amines) is 1. The number of unbranched alkanes of at least 4 members (excludes halogenated alkanes) is 1. The van der Waals surface area contributed by atoms with Crippen molar-refractivity contribution < 1.29 is 136 Å². The number of hydrogen-bond donors (Lipinski definition) is 27. The molecule has 0 unspecified atom stereocenters. The standard InChI is InChI=1S/C90H136N22O28S2/c1-9-46(5)71(109-74(123)52(92)26-30-67(117)118)87(136)110-72(47(6)10-2)86(135)108-70(45(3)4)85(134)111-73(48(7)114)88(137)104-58(38-51-41-95-44-96-51)79(128)105-61(37-50-22-15-12-16-23-50)89(138)112-34-19-25-64(112)84(133)103-57(36-49-20-13-11-14-21-49)78(127)102-60(40-69(121)122)81(130)98-54(28-31-68(119)120)75(124)97-53(27-29-65(93)115)76(125)101-59(39-66(94)116)80(129)107-63(43-141)83(132)106-62(42-113)82(131)99-55(32-35-142-8)77(126)100-56(90(139)140)24-17-18-33-91/h11-16,20-23,41,44-48,52-64,70-73,113-114,141H,9-10,17-19,24-40,42-43,91-92H2,1-8H3,(H2,93,115)(H2,94,116)(H,95,96)(H,97,124)(H,98,130)(H,99,131)(H,100,126)(H,101,125)(H,102,127)(H,103,133)(H,104,137)(H,105,128)(H,106,132)(H,107,129)(H,108,135)(H,109,123)(H,110,136)(H,111,134)(H,117,118)(H,119,120)(H,121,122)(H,139,140)/t46-,47-,48+,52-,53-,54-,55-,56-,57-,58-,59-,60-,61-,62-,63-,64-,70-,71-,72-,73-/m0/s1. The van der Waals surface area contributed by atoms with E-state index in [-0.39, 0.29) is 69.5 Å². The molecule has 52 heteroatoms. The summed E-state index contributed by atoms with van der Waals surface area (Å²) in [6.45, 7) is 10.0. The van der Waals surface area contributed by atoms with Crippen molar-refractivity contribution in [3.8, 4) is 0 Å². The lowest BCUT2D eigenvalue weighted by Gasteiger charge is -2.32. The summed E-state index contributed by atoms with van der Waals surface area (Å²) in [4.78, 5) is 310. The number of hydrogen-bond acceptors (Lipinski definition) is 29. The summed E-state index contributed by atoms with van der Waals surface area (Å²) >= 11 is 5.38. The number of carbonyl (C=O) groups is 22. The molecule has 142 heavy (non-hydrogen) atoms. The number of carbonyl (C=O) groups excluding carboxylic acids is 18. The minimum absolute atomic E-state index is 0.00674. The fraction of sp³-hybridized carbons (Fsp3) is 0.589. The van der Waals surface area contributed by atoms with Crippen molar-refractivity contribution in [3.63, 3.8) is 0 Å². The maximum Gasteiger partial charge on any atom is 0.326 e. The zero-order valence-electron chi connectivity index (χ0n) is 80.2. The van der Waals surface area contributed by atoms with Gasteiger partial charge in [-0.25, -0.2) is 9.78 Å². The molecule has 1 saturated heterocycles. The molecule has 0 radical (unpaired) electrons. The van der Waals surface area contributed by atoms with Crippen LogP contribution in [0.5, 0.6) is 0 Å². The monoisotopic (exact) mass is 2040 g/mol. The van der Waals surface area contributed by atoms with E-state index in [1.807, 2.05) is 0 Å². The van der Waals surface area contributed by atoms with Crippen molar-refractivity contribution >= 4 is 155 Å². The van der Waals surface area contributed by atoms with E-state index in [2.05, 4.69) is 102 Å². The van der Waals surface area contributed by atoms with Crippen LogP contribution in [0.15, 0.2) is 73.2 Å². The number of carboxylic acid groups (broad SMARTS) is 4. The molecule has 0 bridgehead atoms. The lowest BCUT2D eigenvalue weighted by molar-refractivity contribution is -0.143. The first-order valence-corrected chi connectivity index (χ1v) is 48.4. The van der Waals surface area contributed by atoms with E-state index in [1.54, 1.807) is 96.3 Å². The highest BCUT2D eigenvalue weighted by molar-refractivity contribution is 7.98. The Morgan fingerprint density at radius 3 is 1.34 bits per heavy atom. The number of rotatable bonds is 66. The maximum absolute atomic E-state index is 15.4. The first kappa shape index (κ1) is 121. The third kappa shape index (κ3) is 41.4. The predicted octanol–water partition coefficient (Wildman–Crippen LogP) is -6.61. The number of nitrogens with zero attached hydrogens (tertiary/aromatic N) is 2. The highest BCUT2D eigenvalue weighted by Crippen LogP contribution is 2.23. The second-order valence-corrected chi connectivity index (χ2v) is 36.1. The van der Waals surface area contributed by atoms with Crippen molar-refractivity contribution in [2.24, 2.45) is 40.7 Å². The molecule has 1 aliphatic heterocycles. The molecule has 2 aromatic carbocycles. The number of aliphatic carboxylic acids is 4. The molecular formula is C90H136N22O28S2. The number of carboxylic acids is 4. The van der Waals surface area contributed by atoms with Gasteiger partial charge in [0.2, 0.25) is 106 Å². The molecule has 20 atom stereocenters. The first-order chi connectivity index (χ1) is 67.1. The molecule has 2 heterocycles. The molecule has 1 fully saturated rings. The van der Waals surface area contributed by atoms with Crippen LogP contribution >= 0.6 is 24.4 Å². The molecule has 0 spiro atoms. The molecule has 1 aliphatic rings. The number of benzene rings is 2. The van der Waals surface area contributed by atoms with E-state index < -0.39 is 321 Å². The maximum atomic E-state index is 15.4. The van der Waals surface area contributed by atoms with Gasteiger partial charge in [0.05, 0.1) is 37.9 Å². The summed E-state index contributed by atoms with van der Waals surface area (Å²) in [5.41, 5.74) is 23.5. The third-order valence-electron chi connectivity index (χ3n) is 23.2. The van der Waals surface area contributed by atoms with Crippen molar-refractivity contribution in [1.82, 2.24) is 94.6 Å². The molecule has 18 amide bonds. The third-order valence-corrected chi connectivity index (χ3v) is 24.3. The average molecular weight is 2040 g/mol. The number of aliphatic hydroxyl groups is 2. The van der Waals surface area contributed by atoms with Gasteiger partial charge in [0.15, 0.2) is 0 Å². The van der Waals surface area contributed by atoms with Gasteiger partial charge in [0, 0.05) is 62.7 Å². The second-order valence-electron chi connectivity index (χ2n) is 34.7. The van der Waals surface area contributed by atoms with Crippen LogP contribution in [0, 0.1) is 17.8 Å². The van der Waals surface area contributed by atoms with Gasteiger partial charge < -0.3 is 143 Å². The minimum atomic E-state index is -2.22. The Balaban J connectivity index is 1.64. The fourth-order valence-corrected chi connectivity index (χ4v) is 15.4. The molecule has 0 aliphatic carbocycles. The van der Waals surface area contributed by atoms with Gasteiger partial charge in [-0.2, -0.15) is 24.4 Å². The summed E-state index contributed by atoms with van der Waals surface area (Å²) in [5.74, 6) is -28.3. The van der Waals surface area contributed by atoms with E-state index in [0.717, 1.165) is 11.8 Å². The van der Waals surface area contributed by atoms with Gasteiger partial charge >= 0.3 is 23.9 Å². The zero-order chi connectivity index (χ0) is 106. The molecule has 4 rings (SSSR count). The smallest absolute Gasteiger partial charge is 0.326 e. The van der Waals surface area contributed by atoms with Crippen molar-refractivity contribution in [2.45, 2.75) is 279 Å². The summed E-state index contributed by atoms with van der Waals surface area (Å²) < 4.78 is 0. The Hall–Kier alpha value is -13.5. The Morgan fingerprint density at radius 2 is 0.873 bits per heavy atom. The van der Waals surface area contributed by atoms with Gasteiger partial charge in [-0.05, 0) is 112 Å². The second kappa shape index (κ2) is 62.0. The quantitative estimate of drug-likeness (QED) is 0.0185. The van der Waals surface area contributed by atoms with Gasteiger partial charge in [0.25, 0.3) is 0 Å². The topological polar surface area (TPSA) is 813 Å². The number of thioether (sulfide) groups is 1. The van der Waals surface area contributed by atoms with Crippen LogP contribution in [0.2, 0.25) is 0 Å². The predicted molar refractivity (Wildman–Crippen MR) is 512 cm³/mol. The molecule has 3 aromatic rings. The Bertz CT molecular complexity index is 4800. The van der Waals surface area contributed by atoms with E-state index in [1.165, 1.54) is 36.4 Å². The first-order valence-electron chi connectivity index (χ1n) is 46.3. The lowest BCUT2D eigenvalue weighted by atomic mass is 9.94. The molecule has 50 nitrogen and oxygen atoms in total. The number of nitrogens with two attached hydrogens (primary N) is 4. The molecular weight excluding hydrogens is 1900 g/mol. The van der Waals surface area contributed by atoms with Crippen LogP contribution < -0.4 is 103 Å². The van der Waals surface area contributed by atoms with E-state index >= 15 is 14.4 Å². The van der Waals surface area contributed by atoms with E-state index in [9.17, 15) is 117 Å². The summed E-state index contributed by atoms with van der Waals surface area (Å²) in [5, 5.41) is 96.8. The normalized spacial score (nSPS) is 16.3. The number of aliphatic hydroxyl groups excluding tert-OH is 2. The van der Waals surface area contributed by atoms with Crippen LogP contribution in [-0.2, 0) is 125 Å². The number of thiol groups is 1. The molecule has 786 valence electrons. The van der Waals surface area contributed by atoms with Gasteiger partial charge in [-0.15, -0.1) is 0 Å². The number of aromatic nitrogens is 2. The fourth-order valence-electron chi connectivity index (χ4n) is 14.7. The van der Waals surface area contributed by atoms with Crippen LogP contribution in [0.3, 0.4) is 0 Å². The van der Waals surface area contributed by atoms with Crippen LogP contribution in [0.4, 0.5) is 0 Å². The SMILES string of the molecule is CC[C@H](C)[C@H](NC(=O)[C@@H](NC(=O)[C@@H](N)CCC(=O)O)[C@@H](C)CC)C(=O)N[C@H](C(=O)N[C@H](C(=O)N[C@@H](Cc1cnc[nH]1)C(=O)N[C@@H](Cc1ccccc1)C(=O)N1CCC[C@H]1C(=O)N[C@@H](Cc1ccccc1)C(=O)N[C@@H](CC(=O)O)C(=O)N[C@@H](CCC(=O)O)C(=O)N[C@@H](CCC(N)=O)C(=O)N[C@@H](CC(N)=O)C(=O)N[C@@H](CS)C(=O)N[C@@H](CO)C(=O)N[C@@H](CCSC)C(=O)N[C@@H](CCCCN)C(=O)O)[C@@H](C)O)C(C)C. The van der Waals surface area contributed by atoms with Gasteiger partial charge in [-0.1, -0.05) is 115 Å². The van der Waals surface area contributed by atoms with Crippen molar-refractivity contribution in [1.29, 1.82) is 0 Å². The van der Waals surface area contributed by atoms with Gasteiger partial charge in [-0.3, -0.25) is 101 Å². The lowest BCUT2D eigenvalue weighted by Crippen LogP contribution is -2.63. The number of primary amides is 2. The van der Waals surface area contributed by atoms with Crippen molar-refractivity contribution in [3.05, 3.63) is 90.0 Å². The molecule has 1 aromatic heterocycles. The summed E-state index contributed by atoms with van der Waals surface area (Å²) in [6.07, 6.45) is -3.43. The highest BCUT2D eigenvalue weighted by Gasteiger charge is 2.44. The number of amides is 18. The molecule has 30 N–H and O–H groups in total. The van der Waals surface area contributed by atoms with Crippen LogP contribution in [-0.4, -0.2) is 322 Å². The van der Waals surface area contributed by atoms with Crippen molar-refractivity contribution in [2.75, 3.05) is 37.5 Å². The van der Waals surface area contributed by atoms with E-state index in [4.69, 9.17) is 28.0 Å². The Labute approximate surface area is 828 Å².